The van der Waals surface area contributed by atoms with Crippen molar-refractivity contribution in [2.24, 2.45) is 0 Å². The summed E-state index contributed by atoms with van der Waals surface area (Å²) in [4.78, 5) is 0. The van der Waals surface area contributed by atoms with Crippen LogP contribution in [-0.2, 0) is 5.60 Å². The summed E-state index contributed by atoms with van der Waals surface area (Å²) < 4.78 is 1.62. The van der Waals surface area contributed by atoms with Gasteiger partial charge in [0.05, 0.1) is 11.9 Å². The molecule has 5 heteroatoms. The molecule has 1 atom stereocenters. The Bertz CT molecular complexity index is 505. The number of aromatic nitrogens is 3. The predicted octanol–water partition coefficient (Wildman–Crippen LogP) is 2.54. The number of aliphatic hydroxyl groups is 1. The van der Waals surface area contributed by atoms with Crippen LogP contribution in [0, 0.1) is 0 Å². The van der Waals surface area contributed by atoms with Gasteiger partial charge in [0.2, 0.25) is 0 Å². The molecule has 0 spiro atoms. The lowest BCUT2D eigenvalue weighted by Gasteiger charge is -2.16. The molecule has 0 unspecified atom stereocenters. The fourth-order valence-electron chi connectivity index (χ4n) is 1.41. The second-order valence-electron chi connectivity index (χ2n) is 4.15. The molecule has 4 nitrogen and oxygen atoms in total. The molecule has 0 fully saturated rings. The highest BCUT2D eigenvalue weighted by Crippen LogP contribution is 2.22. The van der Waals surface area contributed by atoms with Gasteiger partial charge >= 0.3 is 0 Å². The van der Waals surface area contributed by atoms with Crippen LogP contribution in [-0.4, -0.2) is 20.1 Å². The van der Waals surface area contributed by atoms with E-state index in [4.69, 9.17) is 11.6 Å². The molecular formula is C12H14ClN3O. The molecule has 17 heavy (non-hydrogen) atoms. The maximum Gasteiger partial charge on any atom is 0.114 e. The summed E-state index contributed by atoms with van der Waals surface area (Å²) in [6.07, 6.45) is 2.32. The Kier molecular flexibility index (Phi) is 3.17. The van der Waals surface area contributed by atoms with E-state index in [1.165, 1.54) is 0 Å². The second kappa shape index (κ2) is 4.47. The first-order chi connectivity index (χ1) is 8.03. The van der Waals surface area contributed by atoms with Crippen molar-refractivity contribution < 1.29 is 5.11 Å². The van der Waals surface area contributed by atoms with Crippen LogP contribution in [0.25, 0.3) is 5.69 Å². The number of hydrogen-bond acceptors (Lipinski definition) is 3. The largest absolute Gasteiger partial charge is 0.384 e. The van der Waals surface area contributed by atoms with E-state index in [2.05, 4.69) is 10.3 Å². The van der Waals surface area contributed by atoms with Crippen molar-refractivity contribution in [3.8, 4) is 5.69 Å². The summed E-state index contributed by atoms with van der Waals surface area (Å²) in [6, 6.07) is 7.27. The van der Waals surface area contributed by atoms with Crippen LogP contribution in [0.15, 0.2) is 30.5 Å². The molecule has 2 rings (SSSR count). The average Bonchev–Trinajstić information content (AvgIpc) is 2.80. The van der Waals surface area contributed by atoms with Gasteiger partial charge in [0, 0.05) is 5.02 Å². The van der Waals surface area contributed by atoms with E-state index in [0.29, 0.717) is 17.1 Å². The molecule has 0 aliphatic carbocycles. The summed E-state index contributed by atoms with van der Waals surface area (Å²) in [5.74, 6) is 0. The monoisotopic (exact) mass is 251 g/mol. The molecule has 0 bridgehead atoms. The van der Waals surface area contributed by atoms with E-state index in [-0.39, 0.29) is 0 Å². The average molecular weight is 252 g/mol. The smallest absolute Gasteiger partial charge is 0.114 e. The molecule has 2 aromatic rings. The Morgan fingerprint density at radius 3 is 2.59 bits per heavy atom. The first-order valence-corrected chi connectivity index (χ1v) is 5.82. The fourth-order valence-corrected chi connectivity index (χ4v) is 1.54. The summed E-state index contributed by atoms with van der Waals surface area (Å²) in [5.41, 5.74) is 0.486. The van der Waals surface area contributed by atoms with Gasteiger partial charge in [0.15, 0.2) is 0 Å². The third kappa shape index (κ3) is 2.48. The van der Waals surface area contributed by atoms with Crippen LogP contribution in [0.5, 0.6) is 0 Å². The number of halogens is 1. The highest BCUT2D eigenvalue weighted by atomic mass is 35.5. The van der Waals surface area contributed by atoms with E-state index in [9.17, 15) is 5.11 Å². The number of benzene rings is 1. The van der Waals surface area contributed by atoms with Gasteiger partial charge in [-0.15, -0.1) is 5.10 Å². The first kappa shape index (κ1) is 12.1. The molecule has 1 aromatic heterocycles. The van der Waals surface area contributed by atoms with Crippen LogP contribution >= 0.6 is 11.6 Å². The number of nitrogens with zero attached hydrogens (tertiary/aromatic N) is 3. The molecule has 0 radical (unpaired) electrons. The van der Waals surface area contributed by atoms with Crippen LogP contribution < -0.4 is 0 Å². The highest BCUT2D eigenvalue weighted by Gasteiger charge is 2.24. The Morgan fingerprint density at radius 1 is 1.35 bits per heavy atom. The lowest BCUT2D eigenvalue weighted by molar-refractivity contribution is 0.0484. The van der Waals surface area contributed by atoms with Crippen molar-refractivity contribution in [2.75, 3.05) is 0 Å². The maximum atomic E-state index is 10.1. The minimum absolute atomic E-state index is 0.565. The van der Waals surface area contributed by atoms with Gasteiger partial charge in [-0.05, 0) is 37.6 Å². The van der Waals surface area contributed by atoms with Crippen LogP contribution in [0.4, 0.5) is 0 Å². The predicted molar refractivity (Wildman–Crippen MR) is 66.2 cm³/mol. The summed E-state index contributed by atoms with van der Waals surface area (Å²) in [6.45, 7) is 3.63. The quantitative estimate of drug-likeness (QED) is 0.912. The summed E-state index contributed by atoms with van der Waals surface area (Å²) in [7, 11) is 0. The van der Waals surface area contributed by atoms with Crippen molar-refractivity contribution in [1.82, 2.24) is 15.0 Å². The lowest BCUT2D eigenvalue weighted by atomic mass is 10.0. The second-order valence-corrected chi connectivity index (χ2v) is 4.59. The molecule has 1 aromatic carbocycles. The first-order valence-electron chi connectivity index (χ1n) is 5.44. The zero-order valence-corrected chi connectivity index (χ0v) is 10.5. The Balaban J connectivity index is 2.33. The minimum atomic E-state index is -0.940. The van der Waals surface area contributed by atoms with Crippen molar-refractivity contribution in [2.45, 2.75) is 25.9 Å². The van der Waals surface area contributed by atoms with Gasteiger partial charge in [-0.3, -0.25) is 0 Å². The normalized spacial score (nSPS) is 14.6. The molecule has 0 saturated heterocycles. The van der Waals surface area contributed by atoms with E-state index in [0.717, 1.165) is 5.69 Å². The van der Waals surface area contributed by atoms with Gasteiger partial charge < -0.3 is 5.11 Å². The van der Waals surface area contributed by atoms with Gasteiger partial charge in [0.1, 0.15) is 11.3 Å². The van der Waals surface area contributed by atoms with Gasteiger partial charge in [-0.25, -0.2) is 4.68 Å². The molecular weight excluding hydrogens is 238 g/mol. The summed E-state index contributed by atoms with van der Waals surface area (Å²) in [5, 5.41) is 18.7. The van der Waals surface area contributed by atoms with E-state index in [1.54, 1.807) is 29.9 Å². The molecule has 1 heterocycles. The van der Waals surface area contributed by atoms with Crippen LogP contribution in [0.2, 0.25) is 5.02 Å². The zero-order valence-electron chi connectivity index (χ0n) is 9.76. The van der Waals surface area contributed by atoms with Crippen molar-refractivity contribution in [3.05, 3.63) is 41.2 Å². The number of hydrogen-bond donors (Lipinski definition) is 1. The molecule has 0 aliphatic rings. The SMILES string of the molecule is CC[C@@](C)(O)c1cn(-c2ccc(Cl)cc2)nn1. The Morgan fingerprint density at radius 2 is 2.00 bits per heavy atom. The molecule has 90 valence electrons. The van der Waals surface area contributed by atoms with Gasteiger partial charge in [-0.2, -0.15) is 0 Å². The number of rotatable bonds is 3. The molecule has 0 aliphatic heterocycles. The van der Waals surface area contributed by atoms with Crippen molar-refractivity contribution in [1.29, 1.82) is 0 Å². The van der Waals surface area contributed by atoms with Gasteiger partial charge in [0.25, 0.3) is 0 Å². The standard InChI is InChI=1S/C12H14ClN3O/c1-3-12(2,17)11-8-16(15-14-11)10-6-4-9(13)5-7-10/h4-8,17H,3H2,1-2H3/t12-/m1/s1. The van der Waals surface area contributed by atoms with Crippen LogP contribution in [0.1, 0.15) is 26.0 Å². The Labute approximate surface area is 105 Å². The molecule has 0 saturated carbocycles. The van der Waals surface area contributed by atoms with Gasteiger partial charge in [-0.1, -0.05) is 23.7 Å². The third-order valence-corrected chi connectivity index (χ3v) is 3.08. The topological polar surface area (TPSA) is 50.9 Å². The highest BCUT2D eigenvalue weighted by molar-refractivity contribution is 6.30. The summed E-state index contributed by atoms with van der Waals surface area (Å²) >= 11 is 5.81. The van der Waals surface area contributed by atoms with E-state index >= 15 is 0 Å². The van der Waals surface area contributed by atoms with E-state index in [1.807, 2.05) is 19.1 Å². The third-order valence-electron chi connectivity index (χ3n) is 2.82. The minimum Gasteiger partial charge on any atom is -0.384 e. The Hall–Kier alpha value is -1.39. The fraction of sp³-hybridized carbons (Fsp3) is 0.333. The molecule has 1 N–H and O–H groups in total. The maximum absolute atomic E-state index is 10.1. The van der Waals surface area contributed by atoms with Crippen molar-refractivity contribution in [3.63, 3.8) is 0 Å². The van der Waals surface area contributed by atoms with E-state index < -0.39 is 5.60 Å². The lowest BCUT2D eigenvalue weighted by Crippen LogP contribution is -2.20. The van der Waals surface area contributed by atoms with Crippen molar-refractivity contribution >= 4 is 11.6 Å². The van der Waals surface area contributed by atoms with Crippen LogP contribution in [0.3, 0.4) is 0 Å². The molecule has 0 amide bonds. The zero-order chi connectivity index (χ0) is 12.5.